The first-order valence-electron chi connectivity index (χ1n) is 12.4. The molecule has 1 aromatic carbocycles. The molecule has 39 heavy (non-hydrogen) atoms. The maximum absolute atomic E-state index is 13.5. The molecular formula is C24H36N8O7. The monoisotopic (exact) mass is 548 g/mol. The number of phenols is 1. The van der Waals surface area contributed by atoms with Crippen LogP contribution in [0.2, 0.25) is 0 Å². The van der Waals surface area contributed by atoms with Gasteiger partial charge in [0.2, 0.25) is 23.6 Å². The number of aliphatic imine (C=N–C) groups is 1. The Morgan fingerprint density at radius 2 is 1.72 bits per heavy atom. The number of benzene rings is 1. The van der Waals surface area contributed by atoms with Gasteiger partial charge in [-0.3, -0.25) is 24.2 Å². The predicted molar refractivity (Wildman–Crippen MR) is 140 cm³/mol. The number of nitrogens with two attached hydrogens (primary N) is 4. The molecule has 4 amide bonds. The molecule has 1 heterocycles. The normalized spacial score (nSPS) is 16.9. The Hall–Kier alpha value is -4.40. The molecule has 1 fully saturated rings. The van der Waals surface area contributed by atoms with Gasteiger partial charge in [-0.15, -0.1) is 0 Å². The number of nitrogens with one attached hydrogen (secondary N) is 2. The number of primary amides is 1. The molecule has 1 aromatic rings. The van der Waals surface area contributed by atoms with E-state index in [9.17, 15) is 34.2 Å². The number of hydrogen-bond acceptors (Lipinski definition) is 8. The van der Waals surface area contributed by atoms with Gasteiger partial charge in [0.1, 0.15) is 23.9 Å². The largest absolute Gasteiger partial charge is 0.508 e. The lowest BCUT2D eigenvalue weighted by Gasteiger charge is -2.30. The number of hydrogen-bond donors (Lipinski definition) is 8. The van der Waals surface area contributed by atoms with Gasteiger partial charge in [0.25, 0.3) is 0 Å². The zero-order valence-electron chi connectivity index (χ0n) is 21.4. The third-order valence-electron chi connectivity index (χ3n) is 6.15. The van der Waals surface area contributed by atoms with Gasteiger partial charge in [0, 0.05) is 19.5 Å². The van der Waals surface area contributed by atoms with Crippen molar-refractivity contribution >= 4 is 35.6 Å². The van der Waals surface area contributed by atoms with E-state index in [4.69, 9.17) is 22.9 Å². The first-order valence-corrected chi connectivity index (χ1v) is 12.4. The molecule has 1 saturated heterocycles. The lowest BCUT2D eigenvalue weighted by molar-refractivity contribution is -0.145. The zero-order valence-corrected chi connectivity index (χ0v) is 21.4. The van der Waals surface area contributed by atoms with E-state index in [2.05, 4.69) is 15.6 Å². The Labute approximate surface area is 225 Å². The molecule has 214 valence electrons. The van der Waals surface area contributed by atoms with Gasteiger partial charge in [0.15, 0.2) is 5.96 Å². The molecule has 0 aromatic heterocycles. The van der Waals surface area contributed by atoms with Crippen LogP contribution in [-0.4, -0.2) is 87.9 Å². The van der Waals surface area contributed by atoms with Crippen LogP contribution in [0.5, 0.6) is 5.75 Å². The van der Waals surface area contributed by atoms with Crippen molar-refractivity contribution < 1.29 is 34.2 Å². The Morgan fingerprint density at radius 3 is 2.31 bits per heavy atom. The van der Waals surface area contributed by atoms with E-state index in [1.807, 2.05) is 0 Å². The quantitative estimate of drug-likeness (QED) is 0.0673. The standard InChI is InChI=1S/C24H36N8O7/c25-15(12-19(26)34)20(35)30-16(3-1-9-29-24(27)28)22(37)32-10-2-4-18(32)21(36)31-17(23(38)39)11-13-5-7-14(33)8-6-13/h5-8,15-18,33H,1-4,9-12,25H2,(H2,26,34)(H,30,35)(H,31,36)(H,38,39)(H4,27,28,29). The molecular weight excluding hydrogens is 512 g/mol. The molecule has 0 radical (unpaired) electrons. The molecule has 0 aliphatic carbocycles. The first kappa shape index (κ1) is 30.8. The summed E-state index contributed by atoms with van der Waals surface area (Å²) in [5.74, 6) is -4.16. The van der Waals surface area contributed by atoms with Crippen molar-refractivity contribution in [1.29, 1.82) is 0 Å². The van der Waals surface area contributed by atoms with Gasteiger partial charge in [0.05, 0.1) is 12.5 Å². The van der Waals surface area contributed by atoms with Crippen molar-refractivity contribution in [2.45, 2.75) is 62.7 Å². The summed E-state index contributed by atoms with van der Waals surface area (Å²) in [5.41, 5.74) is 22.1. The van der Waals surface area contributed by atoms with Crippen LogP contribution in [0.3, 0.4) is 0 Å². The molecule has 2 rings (SSSR count). The Kier molecular flexibility index (Phi) is 11.5. The average molecular weight is 549 g/mol. The highest BCUT2D eigenvalue weighted by Gasteiger charge is 2.39. The Bertz CT molecular complexity index is 1070. The van der Waals surface area contributed by atoms with Gasteiger partial charge in [-0.05, 0) is 43.4 Å². The molecule has 4 atom stereocenters. The lowest BCUT2D eigenvalue weighted by atomic mass is 10.0. The van der Waals surface area contributed by atoms with Gasteiger partial charge in [-0.25, -0.2) is 4.79 Å². The maximum atomic E-state index is 13.5. The third kappa shape index (κ3) is 9.77. The number of amides is 4. The van der Waals surface area contributed by atoms with Crippen molar-refractivity contribution in [2.75, 3.05) is 13.1 Å². The second-order valence-electron chi connectivity index (χ2n) is 9.25. The fourth-order valence-corrected chi connectivity index (χ4v) is 4.19. The van der Waals surface area contributed by atoms with Gasteiger partial charge in [-0.1, -0.05) is 12.1 Å². The summed E-state index contributed by atoms with van der Waals surface area (Å²) in [4.78, 5) is 67.3. The number of carbonyl (C=O) groups excluding carboxylic acids is 4. The zero-order chi connectivity index (χ0) is 29.1. The highest BCUT2D eigenvalue weighted by atomic mass is 16.4. The summed E-state index contributed by atoms with van der Waals surface area (Å²) in [7, 11) is 0. The van der Waals surface area contributed by atoms with Gasteiger partial charge >= 0.3 is 5.97 Å². The molecule has 15 nitrogen and oxygen atoms in total. The lowest BCUT2D eigenvalue weighted by Crippen LogP contribution is -2.57. The van der Waals surface area contributed by atoms with Crippen LogP contribution in [0.1, 0.15) is 37.7 Å². The van der Waals surface area contributed by atoms with E-state index in [-0.39, 0.29) is 37.6 Å². The van der Waals surface area contributed by atoms with Crippen molar-refractivity contribution in [3.05, 3.63) is 29.8 Å². The number of rotatable bonds is 14. The summed E-state index contributed by atoms with van der Waals surface area (Å²) in [6.07, 6.45) is 0.719. The van der Waals surface area contributed by atoms with Crippen LogP contribution in [-0.2, 0) is 30.4 Å². The van der Waals surface area contributed by atoms with Gasteiger partial charge in [-0.2, -0.15) is 0 Å². The molecule has 1 aliphatic heterocycles. The average Bonchev–Trinajstić information content (AvgIpc) is 3.35. The van der Waals surface area contributed by atoms with E-state index in [0.29, 0.717) is 24.8 Å². The second-order valence-corrected chi connectivity index (χ2v) is 9.25. The fraction of sp³-hybridized carbons (Fsp3) is 0.500. The summed E-state index contributed by atoms with van der Waals surface area (Å²) < 4.78 is 0. The van der Waals surface area contributed by atoms with Crippen molar-refractivity contribution in [3.8, 4) is 5.75 Å². The topological polar surface area (TPSA) is 270 Å². The highest BCUT2D eigenvalue weighted by molar-refractivity contribution is 5.95. The van der Waals surface area contributed by atoms with Crippen molar-refractivity contribution in [3.63, 3.8) is 0 Å². The van der Waals surface area contributed by atoms with E-state index >= 15 is 0 Å². The number of carboxylic acid groups (broad SMARTS) is 1. The SMILES string of the molecule is NC(=O)CC(N)C(=O)NC(CCCN=C(N)N)C(=O)N1CCCC1C(=O)NC(Cc1ccc(O)cc1)C(=O)O. The Balaban J connectivity index is 2.15. The van der Waals surface area contributed by atoms with Crippen LogP contribution in [0.25, 0.3) is 0 Å². The van der Waals surface area contributed by atoms with Crippen LogP contribution in [0, 0.1) is 0 Å². The van der Waals surface area contributed by atoms with Crippen LogP contribution < -0.4 is 33.6 Å². The van der Waals surface area contributed by atoms with E-state index < -0.39 is 60.2 Å². The number of likely N-dealkylation sites (tertiary alicyclic amines) is 1. The van der Waals surface area contributed by atoms with Crippen molar-refractivity contribution in [2.24, 2.45) is 27.9 Å². The summed E-state index contributed by atoms with van der Waals surface area (Å²) in [6, 6.07) is 1.28. The summed E-state index contributed by atoms with van der Waals surface area (Å²) in [5, 5.41) is 24.1. The van der Waals surface area contributed by atoms with Gasteiger partial charge < -0.3 is 48.7 Å². The number of aromatic hydroxyl groups is 1. The molecule has 4 unspecified atom stereocenters. The number of nitrogens with zero attached hydrogens (tertiary/aromatic N) is 2. The summed E-state index contributed by atoms with van der Waals surface area (Å²) >= 11 is 0. The second kappa shape index (κ2) is 14.5. The minimum Gasteiger partial charge on any atom is -0.508 e. The van der Waals surface area contributed by atoms with Crippen LogP contribution >= 0.6 is 0 Å². The first-order chi connectivity index (χ1) is 18.4. The molecule has 15 heteroatoms. The molecule has 12 N–H and O–H groups in total. The minimum atomic E-state index is -1.28. The highest BCUT2D eigenvalue weighted by Crippen LogP contribution is 2.20. The fourth-order valence-electron chi connectivity index (χ4n) is 4.19. The number of phenolic OH excluding ortho intramolecular Hbond substituents is 1. The molecule has 0 spiro atoms. The third-order valence-corrected chi connectivity index (χ3v) is 6.15. The summed E-state index contributed by atoms with van der Waals surface area (Å²) in [6.45, 7) is 0.386. The number of carboxylic acids is 1. The molecule has 0 bridgehead atoms. The predicted octanol–water partition coefficient (Wildman–Crippen LogP) is -2.76. The van der Waals surface area contributed by atoms with E-state index in [1.54, 1.807) is 12.1 Å². The maximum Gasteiger partial charge on any atom is 0.326 e. The molecule has 0 saturated carbocycles. The molecule has 1 aliphatic rings. The number of aliphatic carboxylic acids is 1. The minimum absolute atomic E-state index is 0.0188. The smallest absolute Gasteiger partial charge is 0.326 e. The number of carbonyl (C=O) groups is 5. The number of guanidine groups is 1. The van der Waals surface area contributed by atoms with Crippen molar-refractivity contribution in [1.82, 2.24) is 15.5 Å². The van der Waals surface area contributed by atoms with Crippen LogP contribution in [0.4, 0.5) is 0 Å². The Morgan fingerprint density at radius 1 is 1.05 bits per heavy atom. The van der Waals surface area contributed by atoms with E-state index in [0.717, 1.165) is 0 Å². The van der Waals surface area contributed by atoms with Crippen LogP contribution in [0.15, 0.2) is 29.3 Å². The van der Waals surface area contributed by atoms with E-state index in [1.165, 1.54) is 17.0 Å².